The Morgan fingerprint density at radius 2 is 1.89 bits per heavy atom. The van der Waals surface area contributed by atoms with Crippen molar-refractivity contribution in [1.29, 1.82) is 0 Å². The lowest BCUT2D eigenvalue weighted by Gasteiger charge is -2.10. The Labute approximate surface area is 115 Å². The van der Waals surface area contributed by atoms with E-state index in [0.29, 0.717) is 19.6 Å². The van der Waals surface area contributed by atoms with Gasteiger partial charge < -0.3 is 14.4 Å². The number of hydrogen-bond donors (Lipinski definition) is 0. The molecule has 0 spiro atoms. The minimum Gasteiger partial charge on any atom is -0.494 e. The van der Waals surface area contributed by atoms with Crippen molar-refractivity contribution in [2.45, 2.75) is 19.8 Å². The minimum absolute atomic E-state index is 0.192. The number of esters is 1. The third-order valence-electron chi connectivity index (χ3n) is 2.60. The highest BCUT2D eigenvalue weighted by Gasteiger charge is 2.03. The van der Waals surface area contributed by atoms with Gasteiger partial charge in [0.1, 0.15) is 5.75 Å². The van der Waals surface area contributed by atoms with Crippen molar-refractivity contribution in [3.63, 3.8) is 0 Å². The molecule has 0 atom stereocenters. The zero-order valence-electron chi connectivity index (χ0n) is 12.0. The maximum Gasteiger partial charge on any atom is 0.310 e. The van der Waals surface area contributed by atoms with E-state index in [4.69, 9.17) is 9.47 Å². The summed E-state index contributed by atoms with van der Waals surface area (Å²) in [6.45, 7) is 3.95. The van der Waals surface area contributed by atoms with Crippen LogP contribution in [0.5, 0.6) is 5.75 Å². The summed E-state index contributed by atoms with van der Waals surface area (Å²) < 4.78 is 10.5. The molecule has 1 aromatic rings. The van der Waals surface area contributed by atoms with Crippen LogP contribution in [-0.2, 0) is 16.0 Å². The number of carbonyl (C=O) groups excluding carboxylic acids is 1. The van der Waals surface area contributed by atoms with Crippen LogP contribution in [0.25, 0.3) is 0 Å². The van der Waals surface area contributed by atoms with Crippen LogP contribution in [0.2, 0.25) is 0 Å². The van der Waals surface area contributed by atoms with Gasteiger partial charge >= 0.3 is 5.97 Å². The predicted octanol–water partition coefficient (Wildman–Crippen LogP) is 2.12. The standard InChI is InChI=1S/C15H23NO3/c1-4-18-15(17)12-13-6-8-14(9-7-13)19-11-5-10-16(2)3/h6-9H,4-5,10-12H2,1-3H3. The molecule has 106 valence electrons. The summed E-state index contributed by atoms with van der Waals surface area (Å²) in [7, 11) is 4.09. The summed E-state index contributed by atoms with van der Waals surface area (Å²) in [6.07, 6.45) is 1.31. The molecule has 0 bridgehead atoms. The van der Waals surface area contributed by atoms with Crippen molar-refractivity contribution in [2.75, 3.05) is 33.9 Å². The molecule has 4 heteroatoms. The van der Waals surface area contributed by atoms with Gasteiger partial charge in [-0.2, -0.15) is 0 Å². The van der Waals surface area contributed by atoms with Gasteiger partial charge in [0.25, 0.3) is 0 Å². The molecular formula is C15H23NO3. The highest BCUT2D eigenvalue weighted by Crippen LogP contribution is 2.13. The summed E-state index contributed by atoms with van der Waals surface area (Å²) >= 11 is 0. The quantitative estimate of drug-likeness (QED) is 0.533. The van der Waals surface area contributed by atoms with Crippen LogP contribution in [0.1, 0.15) is 18.9 Å². The van der Waals surface area contributed by atoms with Gasteiger partial charge in [0.2, 0.25) is 0 Å². The Bertz CT molecular complexity index is 373. The second kappa shape index (κ2) is 8.53. The zero-order chi connectivity index (χ0) is 14.1. The molecule has 0 saturated carbocycles. The van der Waals surface area contributed by atoms with Gasteiger partial charge in [-0.3, -0.25) is 4.79 Å². The van der Waals surface area contributed by atoms with Gasteiger partial charge in [-0.1, -0.05) is 12.1 Å². The van der Waals surface area contributed by atoms with Crippen molar-refractivity contribution >= 4 is 5.97 Å². The Morgan fingerprint density at radius 1 is 1.21 bits per heavy atom. The van der Waals surface area contributed by atoms with E-state index in [2.05, 4.69) is 4.90 Å². The van der Waals surface area contributed by atoms with Crippen molar-refractivity contribution < 1.29 is 14.3 Å². The second-order valence-corrected chi connectivity index (χ2v) is 4.63. The Hall–Kier alpha value is -1.55. The van der Waals surface area contributed by atoms with Gasteiger partial charge in [0.15, 0.2) is 0 Å². The van der Waals surface area contributed by atoms with Crippen LogP contribution < -0.4 is 4.74 Å². The van der Waals surface area contributed by atoms with E-state index in [1.54, 1.807) is 0 Å². The maximum absolute atomic E-state index is 11.3. The molecular weight excluding hydrogens is 242 g/mol. The molecule has 19 heavy (non-hydrogen) atoms. The molecule has 1 aromatic carbocycles. The first kappa shape index (κ1) is 15.5. The van der Waals surface area contributed by atoms with E-state index < -0.39 is 0 Å². The van der Waals surface area contributed by atoms with Gasteiger partial charge in [0.05, 0.1) is 19.6 Å². The number of benzene rings is 1. The van der Waals surface area contributed by atoms with E-state index in [-0.39, 0.29) is 5.97 Å². The number of rotatable bonds is 8. The summed E-state index contributed by atoms with van der Waals surface area (Å²) in [5, 5.41) is 0. The topological polar surface area (TPSA) is 38.8 Å². The summed E-state index contributed by atoms with van der Waals surface area (Å²) in [4.78, 5) is 13.4. The Balaban J connectivity index is 2.33. The monoisotopic (exact) mass is 265 g/mol. The normalized spacial score (nSPS) is 10.5. The predicted molar refractivity (Wildman–Crippen MR) is 75.4 cm³/mol. The Kier molecular flexibility index (Phi) is 6.97. The lowest BCUT2D eigenvalue weighted by atomic mass is 10.1. The highest BCUT2D eigenvalue weighted by molar-refractivity contribution is 5.72. The van der Waals surface area contributed by atoms with Crippen LogP contribution in [-0.4, -0.2) is 44.7 Å². The van der Waals surface area contributed by atoms with E-state index in [9.17, 15) is 4.79 Å². The Morgan fingerprint density at radius 3 is 2.47 bits per heavy atom. The molecule has 4 nitrogen and oxygen atoms in total. The number of carbonyl (C=O) groups is 1. The molecule has 0 saturated heterocycles. The average molecular weight is 265 g/mol. The van der Waals surface area contributed by atoms with Crippen molar-refractivity contribution in [1.82, 2.24) is 4.90 Å². The van der Waals surface area contributed by atoms with E-state index >= 15 is 0 Å². The highest BCUT2D eigenvalue weighted by atomic mass is 16.5. The molecule has 0 fully saturated rings. The number of ether oxygens (including phenoxy) is 2. The fourth-order valence-corrected chi connectivity index (χ4v) is 1.65. The fourth-order valence-electron chi connectivity index (χ4n) is 1.65. The average Bonchev–Trinajstić information content (AvgIpc) is 2.36. The van der Waals surface area contributed by atoms with Crippen LogP contribution in [0.15, 0.2) is 24.3 Å². The van der Waals surface area contributed by atoms with Crippen LogP contribution >= 0.6 is 0 Å². The molecule has 0 heterocycles. The van der Waals surface area contributed by atoms with E-state index in [0.717, 1.165) is 24.3 Å². The molecule has 0 aliphatic rings. The van der Waals surface area contributed by atoms with Gasteiger partial charge in [-0.25, -0.2) is 0 Å². The SMILES string of the molecule is CCOC(=O)Cc1ccc(OCCCN(C)C)cc1. The number of nitrogens with zero attached hydrogens (tertiary/aromatic N) is 1. The van der Waals surface area contributed by atoms with Gasteiger partial charge in [0, 0.05) is 6.54 Å². The molecule has 0 N–H and O–H groups in total. The van der Waals surface area contributed by atoms with Crippen molar-refractivity contribution in [3.8, 4) is 5.75 Å². The summed E-state index contributed by atoms with van der Waals surface area (Å²) in [5.41, 5.74) is 0.944. The first-order valence-corrected chi connectivity index (χ1v) is 6.64. The second-order valence-electron chi connectivity index (χ2n) is 4.63. The largest absolute Gasteiger partial charge is 0.494 e. The fraction of sp³-hybridized carbons (Fsp3) is 0.533. The maximum atomic E-state index is 11.3. The van der Waals surface area contributed by atoms with Gasteiger partial charge in [-0.05, 0) is 45.1 Å². The third kappa shape index (κ3) is 6.82. The molecule has 0 aliphatic heterocycles. The van der Waals surface area contributed by atoms with Crippen LogP contribution in [0.4, 0.5) is 0 Å². The molecule has 0 amide bonds. The smallest absolute Gasteiger partial charge is 0.310 e. The van der Waals surface area contributed by atoms with Crippen molar-refractivity contribution in [2.24, 2.45) is 0 Å². The molecule has 0 aliphatic carbocycles. The minimum atomic E-state index is -0.192. The van der Waals surface area contributed by atoms with Crippen molar-refractivity contribution in [3.05, 3.63) is 29.8 Å². The van der Waals surface area contributed by atoms with Gasteiger partial charge in [-0.15, -0.1) is 0 Å². The first-order valence-electron chi connectivity index (χ1n) is 6.64. The lowest BCUT2D eigenvalue weighted by molar-refractivity contribution is -0.142. The molecule has 1 rings (SSSR count). The third-order valence-corrected chi connectivity index (χ3v) is 2.60. The molecule has 0 aromatic heterocycles. The lowest BCUT2D eigenvalue weighted by Crippen LogP contribution is -2.15. The van der Waals surface area contributed by atoms with Crippen LogP contribution in [0.3, 0.4) is 0 Å². The first-order chi connectivity index (χ1) is 9.11. The molecule has 0 radical (unpaired) electrons. The van der Waals surface area contributed by atoms with E-state index in [1.807, 2.05) is 45.3 Å². The van der Waals surface area contributed by atoms with Crippen LogP contribution in [0, 0.1) is 0 Å². The zero-order valence-corrected chi connectivity index (χ0v) is 12.0. The summed E-state index contributed by atoms with van der Waals surface area (Å²) in [6, 6.07) is 7.59. The molecule has 0 unspecified atom stereocenters. The van der Waals surface area contributed by atoms with E-state index in [1.165, 1.54) is 0 Å². The summed E-state index contributed by atoms with van der Waals surface area (Å²) in [5.74, 6) is 0.647. The number of hydrogen-bond acceptors (Lipinski definition) is 4.